The maximum Gasteiger partial charge on any atom is 0.397 e. The number of carbonyl (C=O) groups excluding carboxylic acids is 2. The summed E-state index contributed by atoms with van der Waals surface area (Å²) in [6.45, 7) is 0. The Morgan fingerprint density at radius 3 is 2.57 bits per heavy atom. The number of ether oxygens (including phenoxy) is 1. The van der Waals surface area contributed by atoms with E-state index in [2.05, 4.69) is 4.74 Å². The van der Waals surface area contributed by atoms with Crippen LogP contribution in [0.15, 0.2) is 12.1 Å². The monoisotopic (exact) mass is 233 g/mol. The highest BCUT2D eigenvalue weighted by atomic mass is 35.5. The molecule has 0 unspecified atom stereocenters. The summed E-state index contributed by atoms with van der Waals surface area (Å²) >= 11 is 6.90. The first-order valence-corrected chi connectivity index (χ1v) is 4.87. The molecule has 0 aliphatic heterocycles. The number of rotatable bonds is 1. The number of anilines is 1. The van der Waals surface area contributed by atoms with Gasteiger partial charge in [-0.1, -0.05) is 11.6 Å². The van der Waals surface area contributed by atoms with Crippen LogP contribution in [0, 0.1) is 0 Å². The zero-order valence-corrected chi connectivity index (χ0v) is 9.19. The molecule has 0 atom stereocenters. The van der Waals surface area contributed by atoms with E-state index in [1.807, 2.05) is 0 Å². The summed E-state index contributed by atoms with van der Waals surface area (Å²) in [5, 5.41) is 0.602. The number of nitrogens with zero attached hydrogens (tertiary/aromatic N) is 1. The Labute approximate surface area is 90.0 Å². The molecule has 1 aromatic rings. The van der Waals surface area contributed by atoms with E-state index >= 15 is 0 Å². The molecule has 1 heterocycles. The number of likely N-dealkylation sites (N-methyl/N-ethyl adjacent to an activating group) is 1. The molecule has 0 fully saturated rings. The summed E-state index contributed by atoms with van der Waals surface area (Å²) in [4.78, 5) is 23.4. The van der Waals surface area contributed by atoms with Gasteiger partial charge in [-0.2, -0.15) is 0 Å². The third kappa shape index (κ3) is 2.24. The van der Waals surface area contributed by atoms with Gasteiger partial charge in [0.15, 0.2) is 0 Å². The van der Waals surface area contributed by atoms with Gasteiger partial charge >= 0.3 is 11.9 Å². The van der Waals surface area contributed by atoms with Crippen molar-refractivity contribution in [1.29, 1.82) is 0 Å². The molecular weight excluding hydrogens is 226 g/mol. The highest BCUT2D eigenvalue weighted by molar-refractivity contribution is 7.20. The number of carbonyl (C=O) groups is 2. The molecule has 6 heteroatoms. The van der Waals surface area contributed by atoms with Gasteiger partial charge in [0.1, 0.15) is 0 Å². The normalized spacial score (nSPS) is 9.64. The van der Waals surface area contributed by atoms with Gasteiger partial charge in [-0.25, -0.2) is 4.79 Å². The molecule has 1 aromatic heterocycles. The first kappa shape index (κ1) is 11.0. The number of amides is 1. The zero-order valence-electron chi connectivity index (χ0n) is 7.61. The van der Waals surface area contributed by atoms with E-state index in [9.17, 15) is 9.59 Å². The number of halogens is 1. The Balaban J connectivity index is 2.80. The van der Waals surface area contributed by atoms with Crippen LogP contribution < -0.4 is 4.90 Å². The van der Waals surface area contributed by atoms with Crippen molar-refractivity contribution in [2.24, 2.45) is 0 Å². The third-order valence-corrected chi connectivity index (χ3v) is 2.86. The van der Waals surface area contributed by atoms with Crippen LogP contribution in [0.1, 0.15) is 0 Å². The second-order valence-corrected chi connectivity index (χ2v) is 4.13. The summed E-state index contributed by atoms with van der Waals surface area (Å²) < 4.78 is 4.86. The molecule has 0 N–H and O–H groups in total. The molecule has 0 aliphatic carbocycles. The zero-order chi connectivity index (χ0) is 10.7. The van der Waals surface area contributed by atoms with Crippen molar-refractivity contribution < 1.29 is 14.3 Å². The van der Waals surface area contributed by atoms with Crippen molar-refractivity contribution in [3.05, 3.63) is 16.5 Å². The lowest BCUT2D eigenvalue weighted by atomic mass is 10.5. The third-order valence-electron chi connectivity index (χ3n) is 1.55. The van der Waals surface area contributed by atoms with Crippen LogP contribution in [0.2, 0.25) is 4.34 Å². The second-order valence-electron chi connectivity index (χ2n) is 2.43. The van der Waals surface area contributed by atoms with Crippen molar-refractivity contribution in [2.75, 3.05) is 19.1 Å². The van der Waals surface area contributed by atoms with Crippen LogP contribution in [-0.4, -0.2) is 26.0 Å². The molecule has 0 bridgehead atoms. The first-order valence-electron chi connectivity index (χ1n) is 3.67. The van der Waals surface area contributed by atoms with Crippen LogP contribution in [0.3, 0.4) is 0 Å². The van der Waals surface area contributed by atoms with E-state index in [0.717, 1.165) is 7.11 Å². The molecule has 4 nitrogen and oxygen atoms in total. The van der Waals surface area contributed by atoms with Crippen molar-refractivity contribution >= 4 is 39.8 Å². The molecular formula is C8H8ClNO3S. The summed E-state index contributed by atoms with van der Waals surface area (Å²) in [7, 11) is 2.65. The van der Waals surface area contributed by atoms with E-state index in [1.54, 1.807) is 12.1 Å². The van der Waals surface area contributed by atoms with Gasteiger partial charge in [-0.05, 0) is 12.1 Å². The van der Waals surface area contributed by atoms with Gasteiger partial charge in [-0.15, -0.1) is 11.3 Å². The number of methoxy groups -OCH3 is 1. The molecule has 1 rings (SSSR count). The molecule has 14 heavy (non-hydrogen) atoms. The van der Waals surface area contributed by atoms with Crippen LogP contribution in [-0.2, 0) is 14.3 Å². The highest BCUT2D eigenvalue weighted by Gasteiger charge is 2.21. The van der Waals surface area contributed by atoms with E-state index < -0.39 is 11.9 Å². The summed E-state index contributed by atoms with van der Waals surface area (Å²) in [5.41, 5.74) is 0. The lowest BCUT2D eigenvalue weighted by Crippen LogP contribution is -2.33. The Bertz CT molecular complexity index is 363. The minimum Gasteiger partial charge on any atom is -0.462 e. The predicted octanol–water partition coefficient (Wildman–Crippen LogP) is 1.54. The lowest BCUT2D eigenvalue weighted by Gasteiger charge is -2.12. The summed E-state index contributed by atoms with van der Waals surface area (Å²) in [6, 6.07) is 3.32. The van der Waals surface area contributed by atoms with Crippen LogP contribution >= 0.6 is 22.9 Å². The van der Waals surface area contributed by atoms with Gasteiger partial charge in [0.25, 0.3) is 0 Å². The van der Waals surface area contributed by atoms with Crippen LogP contribution in [0.4, 0.5) is 5.00 Å². The van der Waals surface area contributed by atoms with Crippen LogP contribution in [0.5, 0.6) is 0 Å². The maximum atomic E-state index is 11.3. The smallest absolute Gasteiger partial charge is 0.397 e. The minimum absolute atomic E-state index is 0.560. The number of esters is 1. The van der Waals surface area contributed by atoms with Crippen molar-refractivity contribution in [3.8, 4) is 0 Å². The number of thiophene rings is 1. The Kier molecular flexibility index (Phi) is 3.49. The topological polar surface area (TPSA) is 46.6 Å². The average molecular weight is 234 g/mol. The number of hydrogen-bond acceptors (Lipinski definition) is 4. The lowest BCUT2D eigenvalue weighted by molar-refractivity contribution is -0.151. The van der Waals surface area contributed by atoms with E-state index in [4.69, 9.17) is 11.6 Å². The minimum atomic E-state index is -0.892. The molecule has 1 amide bonds. The fraction of sp³-hybridized carbons (Fsp3) is 0.250. The largest absolute Gasteiger partial charge is 0.462 e. The summed E-state index contributed by atoms with van der Waals surface area (Å²) in [6.07, 6.45) is 0. The molecule has 76 valence electrons. The molecule has 0 saturated heterocycles. The van der Waals surface area contributed by atoms with Gasteiger partial charge in [-0.3, -0.25) is 9.69 Å². The van der Waals surface area contributed by atoms with Crippen molar-refractivity contribution in [2.45, 2.75) is 0 Å². The second kappa shape index (κ2) is 4.43. The van der Waals surface area contributed by atoms with Gasteiger partial charge < -0.3 is 4.74 Å². The van der Waals surface area contributed by atoms with Gasteiger partial charge in [0, 0.05) is 7.05 Å². The fourth-order valence-corrected chi connectivity index (χ4v) is 1.80. The quantitative estimate of drug-likeness (QED) is 0.546. The van der Waals surface area contributed by atoms with E-state index in [0.29, 0.717) is 9.34 Å². The molecule has 0 aromatic carbocycles. The van der Waals surface area contributed by atoms with Crippen molar-refractivity contribution in [3.63, 3.8) is 0 Å². The van der Waals surface area contributed by atoms with Crippen LogP contribution in [0.25, 0.3) is 0 Å². The SMILES string of the molecule is COC(=O)C(=O)N(C)c1ccc(Cl)s1. The fourth-order valence-electron chi connectivity index (χ4n) is 0.809. The molecule has 0 spiro atoms. The molecule has 0 aliphatic rings. The van der Waals surface area contributed by atoms with E-state index in [-0.39, 0.29) is 0 Å². The average Bonchev–Trinajstić information content (AvgIpc) is 2.61. The van der Waals surface area contributed by atoms with E-state index in [1.165, 1.54) is 23.3 Å². The molecule has 0 radical (unpaired) electrons. The summed E-state index contributed by atoms with van der Waals surface area (Å²) in [5.74, 6) is -1.61. The Morgan fingerprint density at radius 1 is 1.50 bits per heavy atom. The predicted molar refractivity (Wildman–Crippen MR) is 54.8 cm³/mol. The van der Waals surface area contributed by atoms with Gasteiger partial charge in [0.05, 0.1) is 16.4 Å². The highest BCUT2D eigenvalue weighted by Crippen LogP contribution is 2.28. The number of hydrogen-bond donors (Lipinski definition) is 0. The molecule has 0 saturated carbocycles. The Hall–Kier alpha value is -1.07. The maximum absolute atomic E-state index is 11.3. The first-order chi connectivity index (χ1) is 6.56. The Morgan fingerprint density at radius 2 is 2.14 bits per heavy atom. The van der Waals surface area contributed by atoms with Gasteiger partial charge in [0.2, 0.25) is 0 Å². The van der Waals surface area contributed by atoms with Crippen molar-refractivity contribution in [1.82, 2.24) is 0 Å². The standard InChI is InChI=1S/C8H8ClNO3S/c1-10(7(11)8(12)13-2)6-4-3-5(9)14-6/h3-4H,1-2H3.